The number of aryl methyl sites for hydroxylation is 1. The number of carboxylic acids is 1. The molecular formula is C23H23BrN2O5S. The lowest BCUT2D eigenvalue weighted by molar-refractivity contribution is -0.139. The molecule has 0 aliphatic carbocycles. The highest BCUT2D eigenvalue weighted by Gasteiger charge is 2.35. The Morgan fingerprint density at radius 2 is 1.97 bits per heavy atom. The van der Waals surface area contributed by atoms with Gasteiger partial charge in [0.15, 0.2) is 23.3 Å². The number of hydrogen-bond acceptors (Lipinski definition) is 6. The summed E-state index contributed by atoms with van der Waals surface area (Å²) >= 11 is 4.71. The van der Waals surface area contributed by atoms with Crippen LogP contribution in [-0.4, -0.2) is 46.8 Å². The number of hydrogen-bond donors (Lipinski definition) is 1. The molecule has 0 aromatic heterocycles. The fourth-order valence-electron chi connectivity index (χ4n) is 3.00. The van der Waals surface area contributed by atoms with E-state index >= 15 is 0 Å². The van der Waals surface area contributed by atoms with E-state index in [1.165, 1.54) is 18.9 Å². The number of halogens is 1. The summed E-state index contributed by atoms with van der Waals surface area (Å²) in [5.74, 6) is -0.575. The van der Waals surface area contributed by atoms with E-state index in [2.05, 4.69) is 20.9 Å². The molecular weight excluding hydrogens is 496 g/mol. The van der Waals surface area contributed by atoms with E-state index in [4.69, 9.17) is 14.6 Å². The smallest absolute Gasteiger partial charge is 0.341 e. The third kappa shape index (κ3) is 5.52. The summed E-state index contributed by atoms with van der Waals surface area (Å²) < 4.78 is 11.2. The molecule has 0 spiro atoms. The Hall–Kier alpha value is -2.78. The molecule has 1 heterocycles. The summed E-state index contributed by atoms with van der Waals surface area (Å²) in [6.45, 7) is 5.41. The largest absolute Gasteiger partial charge is 0.493 e. The monoisotopic (exact) mass is 518 g/mol. The van der Waals surface area contributed by atoms with Crippen molar-refractivity contribution >= 4 is 56.5 Å². The average Bonchev–Trinajstić information content (AvgIpc) is 3.03. The maximum Gasteiger partial charge on any atom is 0.341 e. The Bertz CT molecular complexity index is 1100. The number of amides is 1. The van der Waals surface area contributed by atoms with Crippen LogP contribution in [0.3, 0.4) is 0 Å². The Morgan fingerprint density at radius 1 is 1.28 bits per heavy atom. The second-order valence-corrected chi connectivity index (χ2v) is 9.19. The topological polar surface area (TPSA) is 88.4 Å². The molecule has 7 nitrogen and oxygen atoms in total. The zero-order valence-electron chi connectivity index (χ0n) is 18.1. The minimum atomic E-state index is -1.09. The van der Waals surface area contributed by atoms with Crippen molar-refractivity contribution in [2.24, 2.45) is 4.99 Å². The SMILES string of the molecule is COc1cc(/C=C2/SC(=Nc3ccc(C)cc3)N(C(C)C)C2=O)cc(Br)c1OCC(=O)O. The summed E-state index contributed by atoms with van der Waals surface area (Å²) in [5, 5.41) is 9.49. The molecule has 9 heteroatoms. The normalized spacial score (nSPS) is 16.3. The second kappa shape index (κ2) is 10.2. The summed E-state index contributed by atoms with van der Waals surface area (Å²) in [4.78, 5) is 30.8. The number of aliphatic imine (C=N–C) groups is 1. The van der Waals surface area contributed by atoms with E-state index < -0.39 is 12.6 Å². The number of methoxy groups -OCH3 is 1. The minimum Gasteiger partial charge on any atom is -0.493 e. The Labute approximate surface area is 199 Å². The maximum absolute atomic E-state index is 13.1. The van der Waals surface area contributed by atoms with Crippen LogP contribution >= 0.6 is 27.7 Å². The molecule has 1 aliphatic heterocycles. The van der Waals surface area contributed by atoms with Crippen molar-refractivity contribution in [3.05, 3.63) is 56.9 Å². The van der Waals surface area contributed by atoms with Crippen molar-refractivity contribution < 1.29 is 24.2 Å². The number of benzene rings is 2. The van der Waals surface area contributed by atoms with Gasteiger partial charge in [-0.05, 0) is 84.4 Å². The molecule has 2 aromatic carbocycles. The second-order valence-electron chi connectivity index (χ2n) is 7.33. The van der Waals surface area contributed by atoms with Gasteiger partial charge in [-0.25, -0.2) is 9.79 Å². The molecule has 1 saturated heterocycles. The van der Waals surface area contributed by atoms with Gasteiger partial charge in [0, 0.05) is 6.04 Å². The van der Waals surface area contributed by atoms with Crippen molar-refractivity contribution in [3.8, 4) is 11.5 Å². The highest BCUT2D eigenvalue weighted by molar-refractivity contribution is 9.10. The number of nitrogens with zero attached hydrogens (tertiary/aromatic N) is 2. The van der Waals surface area contributed by atoms with E-state index in [0.717, 1.165) is 11.3 Å². The predicted molar refractivity (Wildman–Crippen MR) is 130 cm³/mol. The highest BCUT2D eigenvalue weighted by atomic mass is 79.9. The summed E-state index contributed by atoms with van der Waals surface area (Å²) in [7, 11) is 1.47. The van der Waals surface area contributed by atoms with Crippen molar-refractivity contribution in [2.75, 3.05) is 13.7 Å². The number of carbonyl (C=O) groups is 2. The van der Waals surface area contributed by atoms with Gasteiger partial charge in [-0.2, -0.15) is 0 Å². The van der Waals surface area contributed by atoms with Crippen LogP contribution in [0.5, 0.6) is 11.5 Å². The van der Waals surface area contributed by atoms with Gasteiger partial charge in [-0.15, -0.1) is 0 Å². The van der Waals surface area contributed by atoms with E-state index in [9.17, 15) is 9.59 Å². The van der Waals surface area contributed by atoms with Crippen molar-refractivity contribution in [1.82, 2.24) is 4.90 Å². The van der Waals surface area contributed by atoms with E-state index in [1.807, 2.05) is 45.0 Å². The first-order chi connectivity index (χ1) is 15.2. The number of rotatable bonds is 7. The molecule has 1 fully saturated rings. The standard InChI is InChI=1S/C23H23BrN2O5S/c1-13(2)26-22(29)19(32-23(26)25-16-7-5-14(3)6-8-16)11-15-9-17(24)21(18(10-15)30-4)31-12-20(27)28/h5-11,13H,12H2,1-4H3,(H,27,28)/b19-11+,25-23?. The Morgan fingerprint density at radius 3 is 2.56 bits per heavy atom. The van der Waals surface area contributed by atoms with Crippen LogP contribution in [0.15, 0.2) is 50.8 Å². The Kier molecular flexibility index (Phi) is 7.63. The molecule has 3 rings (SSSR count). The third-order valence-corrected chi connectivity index (χ3v) is 6.07. The lowest BCUT2D eigenvalue weighted by Gasteiger charge is -2.19. The zero-order chi connectivity index (χ0) is 23.4. The third-order valence-electron chi connectivity index (χ3n) is 4.50. The molecule has 0 saturated carbocycles. The van der Waals surface area contributed by atoms with Gasteiger partial charge >= 0.3 is 5.97 Å². The zero-order valence-corrected chi connectivity index (χ0v) is 20.5. The predicted octanol–water partition coefficient (Wildman–Crippen LogP) is 5.24. The van der Waals surface area contributed by atoms with Crippen molar-refractivity contribution in [2.45, 2.75) is 26.8 Å². The van der Waals surface area contributed by atoms with Gasteiger partial charge in [0.2, 0.25) is 0 Å². The fraction of sp³-hybridized carbons (Fsp3) is 0.261. The molecule has 0 radical (unpaired) electrons. The average molecular weight is 519 g/mol. The molecule has 1 N–H and O–H groups in total. The first-order valence-corrected chi connectivity index (χ1v) is 11.4. The van der Waals surface area contributed by atoms with Gasteiger partial charge < -0.3 is 14.6 Å². The molecule has 2 aromatic rings. The van der Waals surface area contributed by atoms with Crippen LogP contribution in [0.25, 0.3) is 6.08 Å². The molecule has 1 amide bonds. The van der Waals surface area contributed by atoms with Gasteiger partial charge in [-0.1, -0.05) is 17.7 Å². The summed E-state index contributed by atoms with van der Waals surface area (Å²) in [5.41, 5.74) is 2.62. The van der Waals surface area contributed by atoms with E-state index in [1.54, 1.807) is 23.1 Å². The number of carbonyl (C=O) groups excluding carboxylic acids is 1. The van der Waals surface area contributed by atoms with Crippen LogP contribution < -0.4 is 9.47 Å². The molecule has 0 unspecified atom stereocenters. The quantitative estimate of drug-likeness (QED) is 0.504. The van der Waals surface area contributed by atoms with Crippen LogP contribution in [-0.2, 0) is 9.59 Å². The fourth-order valence-corrected chi connectivity index (χ4v) is 4.69. The number of amidine groups is 1. The summed E-state index contributed by atoms with van der Waals surface area (Å²) in [6, 6.07) is 11.2. The van der Waals surface area contributed by atoms with Crippen LogP contribution in [0.4, 0.5) is 5.69 Å². The highest BCUT2D eigenvalue weighted by Crippen LogP contribution is 2.40. The minimum absolute atomic E-state index is 0.0573. The van der Waals surface area contributed by atoms with Crippen LogP contribution in [0, 0.1) is 6.92 Å². The van der Waals surface area contributed by atoms with Gasteiger partial charge in [0.05, 0.1) is 22.2 Å². The Balaban J connectivity index is 1.95. The summed E-state index contributed by atoms with van der Waals surface area (Å²) in [6.07, 6.45) is 1.76. The number of thioether (sulfide) groups is 1. The lowest BCUT2D eigenvalue weighted by Crippen LogP contribution is -2.35. The molecule has 1 aliphatic rings. The van der Waals surface area contributed by atoms with E-state index in [0.29, 0.717) is 25.9 Å². The first kappa shape index (κ1) is 23.9. The molecule has 168 valence electrons. The molecule has 32 heavy (non-hydrogen) atoms. The lowest BCUT2D eigenvalue weighted by atomic mass is 10.1. The van der Waals surface area contributed by atoms with E-state index in [-0.39, 0.29) is 17.7 Å². The number of aliphatic carboxylic acids is 1. The van der Waals surface area contributed by atoms with Crippen molar-refractivity contribution in [3.63, 3.8) is 0 Å². The first-order valence-electron chi connectivity index (χ1n) is 9.80. The number of ether oxygens (including phenoxy) is 2. The van der Waals surface area contributed by atoms with Gasteiger partial charge in [0.1, 0.15) is 0 Å². The molecule has 0 atom stereocenters. The van der Waals surface area contributed by atoms with Gasteiger partial charge in [-0.3, -0.25) is 9.69 Å². The molecule has 0 bridgehead atoms. The number of carboxylic acid groups (broad SMARTS) is 1. The van der Waals surface area contributed by atoms with Crippen molar-refractivity contribution in [1.29, 1.82) is 0 Å². The van der Waals surface area contributed by atoms with Crippen LogP contribution in [0.2, 0.25) is 0 Å². The maximum atomic E-state index is 13.1. The van der Waals surface area contributed by atoms with Crippen LogP contribution in [0.1, 0.15) is 25.0 Å². The van der Waals surface area contributed by atoms with Gasteiger partial charge in [0.25, 0.3) is 5.91 Å².